The summed E-state index contributed by atoms with van der Waals surface area (Å²) in [6, 6.07) is 3.17. The van der Waals surface area contributed by atoms with Gasteiger partial charge in [-0.2, -0.15) is 0 Å². The summed E-state index contributed by atoms with van der Waals surface area (Å²) in [5, 5.41) is 9.59. The number of aromatic nitrogens is 2. The molecule has 1 amide bonds. The quantitative estimate of drug-likeness (QED) is 0.695. The SMILES string of the molecule is O=C(c1ncc(-c2cc(F)c(OCC3CCN(C4CC4)CC3)c(F)c2)cn1)N1CCC(O)CC1. The number of amides is 1. The Hall–Kier alpha value is -2.65. The van der Waals surface area contributed by atoms with Crippen molar-refractivity contribution in [1.29, 1.82) is 0 Å². The Bertz CT molecular complexity index is 992. The number of aliphatic hydroxyl groups excluding tert-OH is 1. The lowest BCUT2D eigenvalue weighted by Crippen LogP contribution is -2.40. The number of aliphatic hydroxyl groups is 1. The van der Waals surface area contributed by atoms with Crippen molar-refractivity contribution in [3.05, 3.63) is 42.0 Å². The number of carbonyl (C=O) groups is 1. The highest BCUT2D eigenvalue weighted by Crippen LogP contribution is 2.32. The maximum absolute atomic E-state index is 14.7. The number of hydrogen-bond acceptors (Lipinski definition) is 6. The summed E-state index contributed by atoms with van der Waals surface area (Å²) in [5.41, 5.74) is 0.683. The number of halogens is 2. The predicted octanol–water partition coefficient (Wildman–Crippen LogP) is 3.27. The van der Waals surface area contributed by atoms with E-state index in [-0.39, 0.29) is 29.1 Å². The standard InChI is InChI=1S/C25H30F2N4O3/c26-21-11-17(18-13-28-24(29-14-18)25(33)31-9-5-20(32)6-10-31)12-22(27)23(21)34-15-16-3-7-30(8-4-16)19-1-2-19/h11-14,16,19-20,32H,1-10,15H2. The minimum atomic E-state index is -0.766. The first kappa shape index (κ1) is 23.1. The average molecular weight is 473 g/mol. The maximum Gasteiger partial charge on any atom is 0.291 e. The fourth-order valence-electron chi connectivity index (χ4n) is 4.79. The zero-order valence-corrected chi connectivity index (χ0v) is 19.1. The summed E-state index contributed by atoms with van der Waals surface area (Å²) in [5.74, 6) is -1.88. The fourth-order valence-corrected chi connectivity index (χ4v) is 4.79. The molecular formula is C25H30F2N4O3. The van der Waals surface area contributed by atoms with Gasteiger partial charge in [0.15, 0.2) is 17.4 Å². The van der Waals surface area contributed by atoms with Crippen molar-refractivity contribution in [3.8, 4) is 16.9 Å². The van der Waals surface area contributed by atoms with E-state index >= 15 is 0 Å². The minimum absolute atomic E-state index is 0.0220. The van der Waals surface area contributed by atoms with E-state index in [1.807, 2.05) is 0 Å². The van der Waals surface area contributed by atoms with Crippen LogP contribution in [0.2, 0.25) is 0 Å². The third-order valence-corrected chi connectivity index (χ3v) is 7.10. The Kier molecular flexibility index (Phi) is 6.74. The molecule has 0 atom stereocenters. The molecule has 1 saturated carbocycles. The number of rotatable bonds is 6. The van der Waals surface area contributed by atoms with E-state index in [1.165, 1.54) is 37.4 Å². The third kappa shape index (κ3) is 5.20. The summed E-state index contributed by atoms with van der Waals surface area (Å²) in [6.45, 7) is 3.26. The van der Waals surface area contributed by atoms with Crippen LogP contribution >= 0.6 is 0 Å². The van der Waals surface area contributed by atoms with Crippen LogP contribution < -0.4 is 4.74 Å². The van der Waals surface area contributed by atoms with Crippen LogP contribution in [-0.4, -0.2) is 75.7 Å². The number of benzene rings is 1. The highest BCUT2D eigenvalue weighted by Gasteiger charge is 2.32. The Morgan fingerprint density at radius 1 is 0.941 bits per heavy atom. The normalized spacial score (nSPS) is 20.5. The molecule has 1 aliphatic carbocycles. The van der Waals surface area contributed by atoms with Crippen LogP contribution in [0.25, 0.3) is 11.1 Å². The molecule has 1 N–H and O–H groups in total. The number of hydrogen-bond donors (Lipinski definition) is 1. The molecule has 3 fully saturated rings. The molecule has 9 heteroatoms. The van der Waals surface area contributed by atoms with Gasteiger partial charge in [0.1, 0.15) is 0 Å². The molecule has 0 unspecified atom stereocenters. The molecular weight excluding hydrogens is 442 g/mol. The molecule has 2 aliphatic heterocycles. The van der Waals surface area contributed by atoms with Crippen molar-refractivity contribution in [2.45, 2.75) is 50.7 Å². The van der Waals surface area contributed by atoms with Gasteiger partial charge in [-0.3, -0.25) is 4.79 Å². The number of piperidine rings is 2. The van der Waals surface area contributed by atoms with E-state index in [9.17, 15) is 18.7 Å². The van der Waals surface area contributed by atoms with E-state index in [2.05, 4.69) is 14.9 Å². The molecule has 1 aromatic heterocycles. The summed E-state index contributed by atoms with van der Waals surface area (Å²) in [6.07, 6.45) is 7.99. The molecule has 0 radical (unpaired) electrons. The van der Waals surface area contributed by atoms with Gasteiger partial charge in [-0.15, -0.1) is 0 Å². The molecule has 0 spiro atoms. The smallest absolute Gasteiger partial charge is 0.291 e. The molecule has 3 aliphatic rings. The van der Waals surface area contributed by atoms with E-state index in [0.717, 1.165) is 32.0 Å². The van der Waals surface area contributed by atoms with Gasteiger partial charge >= 0.3 is 0 Å². The second-order valence-electron chi connectivity index (χ2n) is 9.61. The zero-order chi connectivity index (χ0) is 23.7. The third-order valence-electron chi connectivity index (χ3n) is 7.10. The van der Waals surface area contributed by atoms with E-state index in [1.54, 1.807) is 4.90 Å². The Labute approximate surface area is 197 Å². The van der Waals surface area contributed by atoms with Crippen molar-refractivity contribution in [3.63, 3.8) is 0 Å². The molecule has 3 heterocycles. The predicted molar refractivity (Wildman–Crippen MR) is 121 cm³/mol. The van der Waals surface area contributed by atoms with Crippen molar-refractivity contribution in [2.75, 3.05) is 32.8 Å². The van der Waals surface area contributed by atoms with Crippen LogP contribution in [-0.2, 0) is 0 Å². The molecule has 0 bridgehead atoms. The summed E-state index contributed by atoms with van der Waals surface area (Å²) in [4.78, 5) is 24.9. The van der Waals surface area contributed by atoms with Gasteiger partial charge < -0.3 is 19.6 Å². The van der Waals surface area contributed by atoms with E-state index in [0.29, 0.717) is 44.0 Å². The highest BCUT2D eigenvalue weighted by molar-refractivity contribution is 5.90. The monoisotopic (exact) mass is 472 g/mol. The molecule has 34 heavy (non-hydrogen) atoms. The summed E-state index contributed by atoms with van der Waals surface area (Å²) in [7, 11) is 0. The molecule has 7 nitrogen and oxygen atoms in total. The van der Waals surface area contributed by atoms with Crippen molar-refractivity contribution in [2.24, 2.45) is 5.92 Å². The molecule has 182 valence electrons. The number of likely N-dealkylation sites (tertiary alicyclic amines) is 2. The topological polar surface area (TPSA) is 78.8 Å². The van der Waals surface area contributed by atoms with Gasteiger partial charge in [0, 0.05) is 37.1 Å². The van der Waals surface area contributed by atoms with Crippen LogP contribution in [0.15, 0.2) is 24.5 Å². The lowest BCUT2D eigenvalue weighted by Gasteiger charge is -2.31. The summed E-state index contributed by atoms with van der Waals surface area (Å²) < 4.78 is 35.0. The Balaban J connectivity index is 1.20. The minimum Gasteiger partial charge on any atom is -0.487 e. The zero-order valence-electron chi connectivity index (χ0n) is 19.1. The largest absolute Gasteiger partial charge is 0.487 e. The van der Waals surface area contributed by atoms with Crippen molar-refractivity contribution in [1.82, 2.24) is 19.8 Å². The molecule has 1 aromatic carbocycles. The summed E-state index contributed by atoms with van der Waals surface area (Å²) >= 11 is 0. The van der Waals surface area contributed by atoms with Gasteiger partial charge in [0.25, 0.3) is 5.91 Å². The lowest BCUT2D eigenvalue weighted by molar-refractivity contribution is 0.0536. The molecule has 2 saturated heterocycles. The van der Waals surface area contributed by atoms with Crippen LogP contribution in [0.1, 0.15) is 49.1 Å². The van der Waals surface area contributed by atoms with Gasteiger partial charge in [0.05, 0.1) is 12.7 Å². The number of ether oxygens (including phenoxy) is 1. The maximum atomic E-state index is 14.7. The van der Waals surface area contributed by atoms with Crippen molar-refractivity contribution >= 4 is 5.91 Å². The van der Waals surface area contributed by atoms with Crippen molar-refractivity contribution < 1.29 is 23.4 Å². The van der Waals surface area contributed by atoms with Gasteiger partial charge in [-0.1, -0.05) is 0 Å². The molecule has 5 rings (SSSR count). The second kappa shape index (κ2) is 9.92. The van der Waals surface area contributed by atoms with Crippen LogP contribution in [0.4, 0.5) is 8.78 Å². The highest BCUT2D eigenvalue weighted by atomic mass is 19.1. The molecule has 2 aromatic rings. The number of carbonyl (C=O) groups excluding carboxylic acids is 1. The van der Waals surface area contributed by atoms with Crippen LogP contribution in [0.3, 0.4) is 0 Å². The Morgan fingerprint density at radius 2 is 1.56 bits per heavy atom. The number of nitrogens with zero attached hydrogens (tertiary/aromatic N) is 4. The fraction of sp³-hybridized carbons (Fsp3) is 0.560. The first-order valence-corrected chi connectivity index (χ1v) is 12.1. The van der Waals surface area contributed by atoms with Gasteiger partial charge in [-0.05, 0) is 75.2 Å². The van der Waals surface area contributed by atoms with E-state index in [4.69, 9.17) is 4.74 Å². The van der Waals surface area contributed by atoms with Crippen LogP contribution in [0.5, 0.6) is 5.75 Å². The van der Waals surface area contributed by atoms with Gasteiger partial charge in [0.2, 0.25) is 5.82 Å². The van der Waals surface area contributed by atoms with E-state index < -0.39 is 11.6 Å². The second-order valence-corrected chi connectivity index (χ2v) is 9.61. The average Bonchev–Trinajstić information content (AvgIpc) is 3.70. The first-order chi connectivity index (χ1) is 16.5. The van der Waals surface area contributed by atoms with Gasteiger partial charge in [-0.25, -0.2) is 18.7 Å². The Morgan fingerprint density at radius 3 is 2.15 bits per heavy atom. The lowest BCUT2D eigenvalue weighted by atomic mass is 9.97. The van der Waals surface area contributed by atoms with Crippen LogP contribution in [0, 0.1) is 17.6 Å². The first-order valence-electron chi connectivity index (χ1n) is 12.1.